The largest absolute Gasteiger partial charge is 0.456 e. The average molecular weight is 1140 g/mol. The van der Waals surface area contributed by atoms with Gasteiger partial charge in [-0.1, -0.05) is 221 Å². The van der Waals surface area contributed by atoms with E-state index in [0.717, 1.165) is 105 Å². The highest BCUT2D eigenvalue weighted by Gasteiger charge is 2.46. The fourth-order valence-corrected chi connectivity index (χ4v) is 14.1. The summed E-state index contributed by atoms with van der Waals surface area (Å²) < 4.78 is 131. The second-order valence-corrected chi connectivity index (χ2v) is 23.8. The maximum absolute atomic E-state index is 9.74. The van der Waals surface area contributed by atoms with Crippen LogP contribution in [0.5, 0.6) is 0 Å². The van der Waals surface area contributed by atoms with E-state index in [2.05, 4.69) is 126 Å². The molecule has 0 N–H and O–H groups in total. The summed E-state index contributed by atoms with van der Waals surface area (Å²) in [5, 5.41) is 3.45. The van der Waals surface area contributed by atoms with Gasteiger partial charge in [0.1, 0.15) is 11.2 Å². The fourth-order valence-electron chi connectivity index (χ4n) is 14.1. The van der Waals surface area contributed by atoms with Gasteiger partial charge in [-0.25, -0.2) is 0 Å². The van der Waals surface area contributed by atoms with Crippen LogP contribution in [0.4, 0.5) is 34.1 Å². The minimum atomic E-state index is -0.665. The molecule has 0 bridgehead atoms. The second kappa shape index (κ2) is 19.2. The summed E-state index contributed by atoms with van der Waals surface area (Å²) in [7, 11) is 0. The first-order chi connectivity index (χ1) is 48.7. The molecule has 0 atom stereocenters. The molecule has 13 aromatic carbocycles. The molecule has 2 aliphatic rings. The standard InChI is InChI=1S/C82H57BN4O/c1-82(2,3)57-49-74-80-75(50-57)87(81-60(54-28-12-6-13-29-54)42-45-77-79(81)64-35-19-23-39-76(64)88-77)70-46-55(52-24-8-4-9-25-52)40-43-65(70)83(80)66-44-41-59(85-67-36-20-16-32-61(67)62-33-17-21-37-68(62)85)51-71(66)86(74)73-48-56(53-26-10-5-11-27-53)47-72-78(73)63-34-18-22-38-69(63)84(72)58-30-14-7-15-31-58/h4-51H,1-3H3/i4D,8D,9D,16D,17D,20D,21D,24D,25D,32D,33D,36D,37D. The summed E-state index contributed by atoms with van der Waals surface area (Å²) in [6.07, 6.45) is 0. The maximum Gasteiger partial charge on any atom is 0.252 e. The summed E-state index contributed by atoms with van der Waals surface area (Å²) in [5.41, 5.74) is 15.7. The lowest BCUT2D eigenvalue weighted by Crippen LogP contribution is -2.61. The molecule has 16 aromatic rings. The zero-order chi connectivity index (χ0) is 69.7. The van der Waals surface area contributed by atoms with Gasteiger partial charge in [0, 0.05) is 66.6 Å². The Bertz CT molecular complexity index is 6220. The van der Waals surface area contributed by atoms with Gasteiger partial charge in [0.15, 0.2) is 0 Å². The highest BCUT2D eigenvalue weighted by atomic mass is 16.3. The Morgan fingerprint density at radius 3 is 1.68 bits per heavy atom. The van der Waals surface area contributed by atoms with Gasteiger partial charge in [0.2, 0.25) is 0 Å². The van der Waals surface area contributed by atoms with Crippen molar-refractivity contribution in [3.05, 3.63) is 296 Å². The first-order valence-corrected chi connectivity index (χ1v) is 29.5. The van der Waals surface area contributed by atoms with Crippen LogP contribution in [0, 0.1) is 0 Å². The molecule has 3 aromatic heterocycles. The molecule has 6 heteroatoms. The molecule has 5 heterocycles. The van der Waals surface area contributed by atoms with Crippen LogP contribution in [0.15, 0.2) is 295 Å². The van der Waals surface area contributed by atoms with Gasteiger partial charge >= 0.3 is 0 Å². The Kier molecular flexibility index (Phi) is 8.47. The van der Waals surface area contributed by atoms with E-state index in [1.807, 2.05) is 121 Å². The predicted octanol–water partition coefficient (Wildman–Crippen LogP) is 20.2. The lowest BCUT2D eigenvalue weighted by Gasteiger charge is -2.46. The highest BCUT2D eigenvalue weighted by Crippen LogP contribution is 2.54. The third-order valence-electron chi connectivity index (χ3n) is 17.9. The normalized spacial score (nSPS) is 14.9. The van der Waals surface area contributed by atoms with Gasteiger partial charge in [0.05, 0.1) is 56.6 Å². The molecule has 2 aliphatic heterocycles. The molecule has 0 amide bonds. The Morgan fingerprint density at radius 2 is 0.955 bits per heavy atom. The molecule has 0 aliphatic carbocycles. The van der Waals surface area contributed by atoms with Gasteiger partial charge in [0.25, 0.3) is 6.71 Å². The van der Waals surface area contributed by atoms with Crippen LogP contribution < -0.4 is 26.2 Å². The first-order valence-electron chi connectivity index (χ1n) is 36.0. The van der Waals surface area contributed by atoms with Crippen molar-refractivity contribution in [1.82, 2.24) is 9.13 Å². The Morgan fingerprint density at radius 1 is 0.364 bits per heavy atom. The van der Waals surface area contributed by atoms with Crippen molar-refractivity contribution in [3.8, 4) is 44.8 Å². The molecule has 0 unspecified atom stereocenters. The van der Waals surface area contributed by atoms with Crippen molar-refractivity contribution in [1.29, 1.82) is 0 Å². The van der Waals surface area contributed by atoms with E-state index in [9.17, 15) is 11.0 Å². The van der Waals surface area contributed by atoms with Gasteiger partial charge < -0.3 is 23.4 Å². The van der Waals surface area contributed by atoms with Crippen molar-refractivity contribution in [2.45, 2.75) is 26.2 Å². The molecular weight excluding hydrogens is 1070 g/mol. The minimum Gasteiger partial charge on any atom is -0.456 e. The number of furan rings is 1. The number of nitrogens with zero attached hydrogens (tertiary/aromatic N) is 4. The average Bonchev–Trinajstić information content (AvgIpc) is 1.50. The van der Waals surface area contributed by atoms with Crippen LogP contribution in [-0.4, -0.2) is 15.8 Å². The monoisotopic (exact) mass is 1140 g/mol. The SMILES string of the molecule is [2H]c1c([2H])c([2H])c(-c2ccc3c(c2)N(c2c(-c4ccccc4)ccc4oc5ccccc5c24)c2cc(C(C)(C)C)cc4c2B3c2ccc(-n3c5c([2H])c([2H])c([2H])c([2H])c5c5c([2H])c([2H])c([2H])c([2H])c53)cc2N4c2cc(-c3ccccc3)cc3c2c2ccccc2n3-c2ccccc2)c([2H])c1[2H]. The van der Waals surface area contributed by atoms with Gasteiger partial charge in [-0.15, -0.1) is 0 Å². The number of hydrogen-bond acceptors (Lipinski definition) is 3. The smallest absolute Gasteiger partial charge is 0.252 e. The van der Waals surface area contributed by atoms with Crippen LogP contribution >= 0.6 is 0 Å². The van der Waals surface area contributed by atoms with Crippen LogP contribution in [0.2, 0.25) is 0 Å². The van der Waals surface area contributed by atoms with Crippen LogP contribution in [0.1, 0.15) is 44.2 Å². The molecule has 0 saturated carbocycles. The van der Waals surface area contributed by atoms with Crippen molar-refractivity contribution < 1.29 is 22.2 Å². The van der Waals surface area contributed by atoms with E-state index >= 15 is 0 Å². The van der Waals surface area contributed by atoms with Crippen molar-refractivity contribution >= 4 is 123 Å². The number of rotatable bonds is 7. The third-order valence-corrected chi connectivity index (χ3v) is 17.9. The third kappa shape index (κ3) is 7.48. The quantitative estimate of drug-likeness (QED) is 0.149. The van der Waals surface area contributed by atoms with Crippen molar-refractivity contribution in [2.24, 2.45) is 0 Å². The molecule has 414 valence electrons. The number of aromatic nitrogens is 2. The highest BCUT2D eigenvalue weighted by molar-refractivity contribution is 7.00. The van der Waals surface area contributed by atoms with E-state index < -0.39 is 78.6 Å². The van der Waals surface area contributed by atoms with E-state index in [0.29, 0.717) is 33.8 Å². The predicted molar refractivity (Wildman–Crippen MR) is 371 cm³/mol. The zero-order valence-corrected chi connectivity index (χ0v) is 48.0. The van der Waals surface area contributed by atoms with Crippen LogP contribution in [0.3, 0.4) is 0 Å². The lowest BCUT2D eigenvalue weighted by molar-refractivity contribution is 0.590. The Labute approximate surface area is 529 Å². The summed E-state index contributed by atoms with van der Waals surface area (Å²) in [6, 6.07) is 65.9. The molecule has 88 heavy (non-hydrogen) atoms. The number of anilines is 6. The van der Waals surface area contributed by atoms with Crippen molar-refractivity contribution in [2.75, 3.05) is 9.80 Å². The van der Waals surface area contributed by atoms with E-state index in [-0.39, 0.29) is 39.5 Å². The van der Waals surface area contributed by atoms with Gasteiger partial charge in [-0.2, -0.15) is 0 Å². The number of benzene rings is 13. The Balaban J connectivity index is 1.06. The Hall–Kier alpha value is -11.1. The van der Waals surface area contributed by atoms with E-state index in [1.54, 1.807) is 4.57 Å². The van der Waals surface area contributed by atoms with E-state index in [1.165, 1.54) is 0 Å². The second-order valence-electron chi connectivity index (χ2n) is 23.8. The molecule has 0 radical (unpaired) electrons. The molecule has 5 nitrogen and oxygen atoms in total. The molecule has 18 rings (SSSR count). The summed E-state index contributed by atoms with van der Waals surface area (Å²) in [4.78, 5) is 4.63. The van der Waals surface area contributed by atoms with Gasteiger partial charge in [-0.3, -0.25) is 0 Å². The summed E-state index contributed by atoms with van der Waals surface area (Å²) >= 11 is 0. The number of para-hydroxylation sites is 5. The van der Waals surface area contributed by atoms with Gasteiger partial charge in [-0.05, 0) is 146 Å². The van der Waals surface area contributed by atoms with E-state index in [4.69, 9.17) is 11.3 Å². The first kappa shape index (κ1) is 38.8. The molecule has 0 fully saturated rings. The number of hydrogen-bond donors (Lipinski definition) is 0. The molecule has 0 spiro atoms. The molecular formula is C82H57BN4O. The minimum absolute atomic E-state index is 0.0218. The van der Waals surface area contributed by atoms with Crippen LogP contribution in [-0.2, 0) is 5.41 Å². The van der Waals surface area contributed by atoms with Crippen molar-refractivity contribution in [3.63, 3.8) is 0 Å². The molecule has 0 saturated heterocycles. The van der Waals surface area contributed by atoms with Crippen LogP contribution in [0.25, 0.3) is 110 Å². The maximum atomic E-state index is 9.74. The topological polar surface area (TPSA) is 29.5 Å². The summed E-state index contributed by atoms with van der Waals surface area (Å²) in [6.45, 7) is 5.89. The fraction of sp³-hybridized carbons (Fsp3) is 0.0488. The number of fused-ring (bicyclic) bond motifs is 13. The lowest BCUT2D eigenvalue weighted by atomic mass is 9.33. The summed E-state index contributed by atoms with van der Waals surface area (Å²) in [5.74, 6) is 0. The zero-order valence-electron chi connectivity index (χ0n) is 61.0.